The number of aromatic amines is 1. The van der Waals surface area contributed by atoms with Gasteiger partial charge in [-0.25, -0.2) is 5.43 Å². The van der Waals surface area contributed by atoms with Crippen LogP contribution < -0.4 is 5.43 Å². The van der Waals surface area contributed by atoms with E-state index >= 15 is 0 Å². The van der Waals surface area contributed by atoms with Crippen LogP contribution in [0.4, 0.5) is 0 Å². The topological polar surface area (TPSA) is 88.0 Å². The van der Waals surface area contributed by atoms with Crippen LogP contribution in [0.15, 0.2) is 89.3 Å². The lowest BCUT2D eigenvalue weighted by molar-refractivity contribution is -0.118. The summed E-state index contributed by atoms with van der Waals surface area (Å²) in [6.07, 6.45) is 3.47. The molecule has 0 bridgehead atoms. The van der Waals surface area contributed by atoms with Gasteiger partial charge in [0.1, 0.15) is 0 Å². The van der Waals surface area contributed by atoms with Crippen LogP contribution in [-0.2, 0) is 4.79 Å². The third-order valence-corrected chi connectivity index (χ3v) is 6.60. The molecule has 0 aliphatic rings. The summed E-state index contributed by atoms with van der Waals surface area (Å²) in [6, 6.07) is 22.6. The van der Waals surface area contributed by atoms with Gasteiger partial charge in [0.25, 0.3) is 5.91 Å². The molecule has 0 saturated heterocycles. The van der Waals surface area contributed by atoms with Gasteiger partial charge < -0.3 is 4.98 Å². The lowest BCUT2D eigenvalue weighted by atomic mass is 10.2. The fourth-order valence-electron chi connectivity index (χ4n) is 3.51. The molecule has 0 fully saturated rings. The first-order chi connectivity index (χ1) is 17.1. The van der Waals surface area contributed by atoms with Crippen LogP contribution >= 0.6 is 35.0 Å². The van der Waals surface area contributed by atoms with Crippen LogP contribution in [0, 0.1) is 0 Å². The number of H-pyrrole nitrogens is 1. The molecule has 0 aliphatic carbocycles. The van der Waals surface area contributed by atoms with Gasteiger partial charge in [0.05, 0.1) is 12.0 Å². The molecule has 2 heterocycles. The highest BCUT2D eigenvalue weighted by Gasteiger charge is 2.17. The Labute approximate surface area is 215 Å². The Morgan fingerprint density at radius 3 is 2.49 bits per heavy atom. The molecule has 2 aromatic heterocycles. The van der Waals surface area contributed by atoms with E-state index in [0.717, 1.165) is 27.7 Å². The van der Waals surface area contributed by atoms with Crippen molar-refractivity contribution in [3.63, 3.8) is 0 Å². The fraction of sp³-hybridized carbons (Fsp3) is 0.0400. The van der Waals surface area contributed by atoms with Crippen LogP contribution in [-0.4, -0.2) is 37.6 Å². The Bertz CT molecular complexity index is 1510. The van der Waals surface area contributed by atoms with E-state index in [2.05, 4.69) is 25.7 Å². The summed E-state index contributed by atoms with van der Waals surface area (Å²) in [4.78, 5) is 15.6. The number of nitrogens with zero attached hydrogens (tertiary/aromatic N) is 4. The lowest BCUT2D eigenvalue weighted by Gasteiger charge is -2.10. The molecule has 35 heavy (non-hydrogen) atoms. The number of aromatic nitrogens is 4. The number of hydrazone groups is 1. The van der Waals surface area contributed by atoms with Gasteiger partial charge in [0, 0.05) is 44.0 Å². The van der Waals surface area contributed by atoms with Crippen LogP contribution in [0.5, 0.6) is 0 Å². The van der Waals surface area contributed by atoms with Crippen molar-refractivity contribution in [2.45, 2.75) is 5.16 Å². The third-order valence-electron chi connectivity index (χ3n) is 5.17. The summed E-state index contributed by atoms with van der Waals surface area (Å²) in [5.74, 6) is 0.478. The number of carbonyl (C=O) groups is 1. The second kappa shape index (κ2) is 10.4. The second-order valence-electron chi connectivity index (χ2n) is 7.50. The first-order valence-electron chi connectivity index (χ1n) is 10.6. The summed E-state index contributed by atoms with van der Waals surface area (Å²) in [5, 5.41) is 15.6. The van der Waals surface area contributed by atoms with Gasteiger partial charge in [0.15, 0.2) is 11.0 Å². The number of hydrogen-bond acceptors (Lipinski definition) is 5. The Morgan fingerprint density at radius 2 is 1.71 bits per heavy atom. The number of halogens is 2. The van der Waals surface area contributed by atoms with E-state index in [-0.39, 0.29) is 11.7 Å². The van der Waals surface area contributed by atoms with E-state index in [1.54, 1.807) is 30.5 Å². The molecule has 5 rings (SSSR count). The van der Waals surface area contributed by atoms with Crippen LogP contribution in [0.2, 0.25) is 10.0 Å². The van der Waals surface area contributed by atoms with Crippen LogP contribution in [0.25, 0.3) is 28.0 Å². The highest BCUT2D eigenvalue weighted by Crippen LogP contribution is 2.29. The molecule has 0 unspecified atom stereocenters. The number of benzene rings is 3. The van der Waals surface area contributed by atoms with Crippen molar-refractivity contribution < 1.29 is 4.79 Å². The van der Waals surface area contributed by atoms with Crippen LogP contribution in [0.1, 0.15) is 5.56 Å². The van der Waals surface area contributed by atoms with Crippen molar-refractivity contribution in [3.05, 3.63) is 94.6 Å². The number of hydrogen-bond donors (Lipinski definition) is 2. The maximum Gasteiger partial charge on any atom is 0.250 e. The van der Waals surface area contributed by atoms with Gasteiger partial charge >= 0.3 is 0 Å². The number of para-hydroxylation sites is 1. The zero-order chi connectivity index (χ0) is 24.2. The Kier molecular flexibility index (Phi) is 6.85. The minimum absolute atomic E-state index is 0.109. The maximum atomic E-state index is 12.5. The summed E-state index contributed by atoms with van der Waals surface area (Å²) < 4.78 is 1.88. The van der Waals surface area contributed by atoms with Crippen LogP contribution in [0.3, 0.4) is 0 Å². The van der Waals surface area contributed by atoms with Gasteiger partial charge in [-0.3, -0.25) is 9.36 Å². The number of carbonyl (C=O) groups excluding carboxylic acids is 1. The predicted octanol–water partition coefficient (Wildman–Crippen LogP) is 5.96. The second-order valence-corrected chi connectivity index (χ2v) is 9.31. The molecule has 1 amide bonds. The number of fused-ring (bicyclic) bond motifs is 1. The number of rotatable bonds is 7. The van der Waals surface area contributed by atoms with E-state index in [1.165, 1.54) is 11.8 Å². The van der Waals surface area contributed by atoms with Gasteiger partial charge in [-0.05, 0) is 54.6 Å². The smallest absolute Gasteiger partial charge is 0.250 e. The van der Waals surface area contributed by atoms with E-state index in [0.29, 0.717) is 21.0 Å². The molecule has 0 spiro atoms. The van der Waals surface area contributed by atoms with Crippen molar-refractivity contribution in [2.75, 3.05) is 5.75 Å². The summed E-state index contributed by atoms with van der Waals surface area (Å²) >= 11 is 13.4. The van der Waals surface area contributed by atoms with E-state index in [9.17, 15) is 4.79 Å². The highest BCUT2D eigenvalue weighted by molar-refractivity contribution is 7.99. The zero-order valence-electron chi connectivity index (χ0n) is 18.2. The van der Waals surface area contributed by atoms with Crippen molar-refractivity contribution in [3.8, 4) is 17.1 Å². The maximum absolute atomic E-state index is 12.5. The third kappa shape index (κ3) is 5.24. The monoisotopic (exact) mass is 520 g/mol. The van der Waals surface area contributed by atoms with E-state index < -0.39 is 0 Å². The molecular formula is C25H18Cl2N6OS. The highest BCUT2D eigenvalue weighted by atomic mass is 35.5. The van der Waals surface area contributed by atoms with Gasteiger partial charge in [-0.15, -0.1) is 10.2 Å². The standard InChI is InChI=1S/C25H18Cl2N6OS/c26-18-7-5-16(6-8-18)24-31-32-25(33(24)20-11-9-19(27)10-12-20)35-15-23(34)30-29-14-17-13-28-22-4-2-1-3-21(17)22/h1-14,28H,15H2,(H,30,34)/b29-14+. The molecule has 10 heteroatoms. The molecule has 3 aromatic carbocycles. The Balaban J connectivity index is 1.32. The molecule has 0 radical (unpaired) electrons. The van der Waals surface area contributed by atoms with Crippen molar-refractivity contribution in [1.29, 1.82) is 0 Å². The Morgan fingerprint density at radius 1 is 1.00 bits per heavy atom. The molecule has 0 atom stereocenters. The molecule has 7 nitrogen and oxygen atoms in total. The molecule has 0 saturated carbocycles. The summed E-state index contributed by atoms with van der Waals surface area (Å²) in [6.45, 7) is 0. The SMILES string of the molecule is O=C(CSc1nnc(-c2ccc(Cl)cc2)n1-c1ccc(Cl)cc1)N/N=C/c1c[nH]c2ccccc12. The van der Waals surface area contributed by atoms with Crippen molar-refractivity contribution in [2.24, 2.45) is 5.10 Å². The summed E-state index contributed by atoms with van der Waals surface area (Å²) in [5.41, 5.74) is 6.14. The minimum Gasteiger partial charge on any atom is -0.361 e. The van der Waals surface area contributed by atoms with Crippen molar-refractivity contribution >= 4 is 58.0 Å². The fourth-order valence-corrected chi connectivity index (χ4v) is 4.51. The first kappa shape index (κ1) is 23.2. The predicted molar refractivity (Wildman–Crippen MR) is 142 cm³/mol. The van der Waals surface area contributed by atoms with E-state index in [1.807, 2.05) is 59.3 Å². The number of amides is 1. The van der Waals surface area contributed by atoms with Gasteiger partial charge in [0.2, 0.25) is 0 Å². The molecule has 2 N–H and O–H groups in total. The molecule has 0 aliphatic heterocycles. The quantitative estimate of drug-likeness (QED) is 0.157. The largest absolute Gasteiger partial charge is 0.361 e. The molecular weight excluding hydrogens is 503 g/mol. The average molecular weight is 521 g/mol. The van der Waals surface area contributed by atoms with Gasteiger partial charge in [-0.1, -0.05) is 53.2 Å². The van der Waals surface area contributed by atoms with Crippen molar-refractivity contribution in [1.82, 2.24) is 25.2 Å². The zero-order valence-corrected chi connectivity index (χ0v) is 20.5. The molecule has 174 valence electrons. The Hall–Kier alpha value is -3.59. The number of nitrogens with one attached hydrogen (secondary N) is 2. The van der Waals surface area contributed by atoms with Gasteiger partial charge in [-0.2, -0.15) is 5.10 Å². The van der Waals surface area contributed by atoms with E-state index in [4.69, 9.17) is 23.2 Å². The number of thioether (sulfide) groups is 1. The molecule has 5 aromatic rings. The lowest BCUT2D eigenvalue weighted by Crippen LogP contribution is -2.20. The summed E-state index contributed by atoms with van der Waals surface area (Å²) in [7, 11) is 0. The first-order valence-corrected chi connectivity index (χ1v) is 12.3. The minimum atomic E-state index is -0.259. The average Bonchev–Trinajstić information content (AvgIpc) is 3.48. The normalized spacial score (nSPS) is 11.4.